The third kappa shape index (κ3) is 1.17. The number of hydrogen-bond acceptors (Lipinski definition) is 5. The van der Waals surface area contributed by atoms with Gasteiger partial charge in [-0.2, -0.15) is 0 Å². The average Bonchev–Trinajstić information content (AvgIpc) is 1.64. The molecule has 0 saturated heterocycles. The highest BCUT2D eigenvalue weighted by Crippen LogP contribution is 1.80. The summed E-state index contributed by atoms with van der Waals surface area (Å²) in [6.45, 7) is 0. The van der Waals surface area contributed by atoms with Crippen LogP contribution < -0.4 is 22.4 Å². The van der Waals surface area contributed by atoms with Crippen molar-refractivity contribution >= 4 is 0 Å². The fraction of sp³-hybridized carbons (Fsp3) is 0.333. The van der Waals surface area contributed by atoms with Crippen LogP contribution in [-0.4, -0.2) is 11.4 Å². The molecule has 0 aromatic rings. The molecule has 1 rings (SSSR count). The van der Waals surface area contributed by atoms with E-state index in [0.29, 0.717) is 0 Å². The van der Waals surface area contributed by atoms with E-state index in [4.69, 9.17) is 11.6 Å². The summed E-state index contributed by atoms with van der Waals surface area (Å²) in [5.41, 5.74) is 10.7. The Morgan fingerprint density at radius 3 is 2.75 bits per heavy atom. The Bertz CT molecular complexity index is 99.8. The van der Waals surface area contributed by atoms with Gasteiger partial charge in [-0.1, -0.05) is 5.23 Å². The molecule has 1 aliphatic rings. The number of hydrazine groups is 3. The topological polar surface area (TPSA) is 79.3 Å². The van der Waals surface area contributed by atoms with Gasteiger partial charge in [0.25, 0.3) is 0 Å². The third-order valence-corrected chi connectivity index (χ3v) is 0.805. The van der Waals surface area contributed by atoms with E-state index in [0.717, 1.165) is 0 Å². The van der Waals surface area contributed by atoms with Crippen LogP contribution in [0.5, 0.6) is 0 Å². The molecule has 8 heavy (non-hydrogen) atoms. The van der Waals surface area contributed by atoms with Crippen LogP contribution >= 0.6 is 0 Å². The second kappa shape index (κ2) is 2.10. The molecule has 0 bridgehead atoms. The zero-order valence-electron chi connectivity index (χ0n) is 4.33. The van der Waals surface area contributed by atoms with Crippen LogP contribution in [0.25, 0.3) is 0 Å². The van der Waals surface area contributed by atoms with E-state index in [1.807, 2.05) is 0 Å². The van der Waals surface area contributed by atoms with Gasteiger partial charge < -0.3 is 5.73 Å². The smallest absolute Gasteiger partial charge is 0.0919 e. The highest BCUT2D eigenvalue weighted by molar-refractivity contribution is 4.89. The first-order valence-corrected chi connectivity index (χ1v) is 2.28. The summed E-state index contributed by atoms with van der Waals surface area (Å²) in [5.74, 6) is 5.20. The first kappa shape index (κ1) is 5.52. The lowest BCUT2D eigenvalue weighted by Gasteiger charge is -2.23. The Labute approximate surface area is 47.2 Å². The minimum absolute atomic E-state index is 0.179. The molecule has 1 heterocycles. The van der Waals surface area contributed by atoms with Crippen molar-refractivity contribution in [3.63, 3.8) is 0 Å². The third-order valence-electron chi connectivity index (χ3n) is 0.805. The molecular formula is C3H9N5. The van der Waals surface area contributed by atoms with E-state index in [1.54, 1.807) is 12.3 Å². The van der Waals surface area contributed by atoms with Gasteiger partial charge in [-0.25, -0.2) is 11.3 Å². The molecule has 0 spiro atoms. The zero-order chi connectivity index (χ0) is 5.98. The molecule has 0 fully saturated rings. The molecule has 1 atom stereocenters. The molecule has 0 aromatic carbocycles. The first-order valence-electron chi connectivity index (χ1n) is 2.28. The van der Waals surface area contributed by atoms with E-state index < -0.39 is 0 Å². The Morgan fingerprint density at radius 1 is 1.62 bits per heavy atom. The minimum atomic E-state index is -0.179. The normalized spacial score (nSPS) is 30.0. The van der Waals surface area contributed by atoms with Crippen molar-refractivity contribution in [2.24, 2.45) is 11.6 Å². The van der Waals surface area contributed by atoms with Crippen LogP contribution in [0, 0.1) is 0 Å². The fourth-order valence-electron chi connectivity index (χ4n) is 0.468. The van der Waals surface area contributed by atoms with Crippen molar-refractivity contribution in [3.8, 4) is 0 Å². The van der Waals surface area contributed by atoms with Gasteiger partial charge in [0.05, 0.1) is 6.17 Å². The molecule has 46 valence electrons. The maximum atomic E-state index is 5.37. The highest BCUT2D eigenvalue weighted by atomic mass is 15.9. The first-order chi connectivity index (χ1) is 3.79. The number of nitrogens with zero attached hydrogens (tertiary/aromatic N) is 1. The minimum Gasteiger partial charge on any atom is -0.311 e. The molecule has 5 heteroatoms. The molecule has 5 nitrogen and oxygen atoms in total. The maximum absolute atomic E-state index is 5.37. The number of nitrogens with one attached hydrogen (secondary N) is 2. The van der Waals surface area contributed by atoms with Crippen molar-refractivity contribution in [3.05, 3.63) is 12.3 Å². The molecule has 1 aliphatic heterocycles. The average molecular weight is 115 g/mol. The van der Waals surface area contributed by atoms with Crippen molar-refractivity contribution in [1.29, 1.82) is 0 Å². The van der Waals surface area contributed by atoms with Gasteiger partial charge in [-0.3, -0.25) is 5.43 Å². The van der Waals surface area contributed by atoms with Crippen LogP contribution in [0.1, 0.15) is 0 Å². The molecule has 0 saturated carbocycles. The molecule has 0 radical (unpaired) electrons. The number of nitrogens with two attached hydrogens (primary N) is 2. The zero-order valence-corrected chi connectivity index (χ0v) is 4.33. The standard InChI is InChI=1S/C3H9N5/c4-3-1-2-6-8(5)7-3/h1-3,6-7H,4-5H2. The second-order valence-electron chi connectivity index (χ2n) is 1.51. The molecule has 1 unspecified atom stereocenters. The lowest BCUT2D eigenvalue weighted by Crippen LogP contribution is -2.59. The predicted molar refractivity (Wildman–Crippen MR) is 29.4 cm³/mol. The van der Waals surface area contributed by atoms with Gasteiger partial charge in [0, 0.05) is 6.20 Å². The number of hydrogen-bond donors (Lipinski definition) is 4. The van der Waals surface area contributed by atoms with E-state index in [9.17, 15) is 0 Å². The summed E-state index contributed by atoms with van der Waals surface area (Å²) in [4.78, 5) is 0. The van der Waals surface area contributed by atoms with E-state index in [-0.39, 0.29) is 6.17 Å². The summed E-state index contributed by atoms with van der Waals surface area (Å²) < 4.78 is 0. The van der Waals surface area contributed by atoms with Crippen molar-refractivity contribution in [2.75, 3.05) is 0 Å². The van der Waals surface area contributed by atoms with E-state index in [1.165, 1.54) is 5.23 Å². The van der Waals surface area contributed by atoms with Crippen LogP contribution in [0.3, 0.4) is 0 Å². The van der Waals surface area contributed by atoms with Crippen LogP contribution in [0.2, 0.25) is 0 Å². The predicted octanol–water partition coefficient (Wildman–Crippen LogP) is -2.02. The van der Waals surface area contributed by atoms with Gasteiger partial charge in [0.15, 0.2) is 0 Å². The summed E-state index contributed by atoms with van der Waals surface area (Å²) in [7, 11) is 0. The Hall–Kier alpha value is -0.620. The van der Waals surface area contributed by atoms with Gasteiger partial charge in [-0.15, -0.1) is 0 Å². The summed E-state index contributed by atoms with van der Waals surface area (Å²) in [5, 5.41) is 1.20. The van der Waals surface area contributed by atoms with Gasteiger partial charge in [0.2, 0.25) is 0 Å². The Morgan fingerprint density at radius 2 is 2.38 bits per heavy atom. The fourth-order valence-corrected chi connectivity index (χ4v) is 0.468. The maximum Gasteiger partial charge on any atom is 0.0919 e. The summed E-state index contributed by atoms with van der Waals surface area (Å²) >= 11 is 0. The van der Waals surface area contributed by atoms with E-state index in [2.05, 4.69) is 10.9 Å². The summed E-state index contributed by atoms with van der Waals surface area (Å²) in [6.07, 6.45) is 3.24. The lowest BCUT2D eigenvalue weighted by molar-refractivity contribution is 0.116. The Balaban J connectivity index is 2.42. The molecule has 0 aromatic heterocycles. The summed E-state index contributed by atoms with van der Waals surface area (Å²) in [6, 6.07) is 0. The second-order valence-corrected chi connectivity index (χ2v) is 1.51. The van der Waals surface area contributed by atoms with Gasteiger partial charge in [-0.05, 0) is 6.08 Å². The van der Waals surface area contributed by atoms with Crippen molar-refractivity contribution in [1.82, 2.24) is 16.1 Å². The van der Waals surface area contributed by atoms with Crippen molar-refractivity contribution in [2.45, 2.75) is 6.17 Å². The van der Waals surface area contributed by atoms with Crippen molar-refractivity contribution < 1.29 is 0 Å². The van der Waals surface area contributed by atoms with E-state index >= 15 is 0 Å². The monoisotopic (exact) mass is 115 g/mol. The van der Waals surface area contributed by atoms with Crippen LogP contribution in [0.4, 0.5) is 0 Å². The highest BCUT2D eigenvalue weighted by Gasteiger charge is 2.03. The van der Waals surface area contributed by atoms with Gasteiger partial charge >= 0.3 is 0 Å². The molecule has 0 aliphatic carbocycles. The van der Waals surface area contributed by atoms with Gasteiger partial charge in [0.1, 0.15) is 0 Å². The Kier molecular flexibility index (Phi) is 1.45. The van der Waals surface area contributed by atoms with Crippen LogP contribution in [0.15, 0.2) is 12.3 Å². The lowest BCUT2D eigenvalue weighted by atomic mass is 10.5. The molecule has 0 amide bonds. The largest absolute Gasteiger partial charge is 0.311 e. The quantitative estimate of drug-likeness (QED) is 0.274. The van der Waals surface area contributed by atoms with Crippen LogP contribution in [-0.2, 0) is 0 Å². The SMILES string of the molecule is NC1C=CNN(N)N1. The molecule has 6 N–H and O–H groups in total. The molecular weight excluding hydrogens is 106 g/mol. The number of rotatable bonds is 0.